The Morgan fingerprint density at radius 3 is 2.50 bits per heavy atom. The van der Waals surface area contributed by atoms with Gasteiger partial charge in [0.05, 0.1) is 0 Å². The van der Waals surface area contributed by atoms with E-state index in [9.17, 15) is 0 Å². The van der Waals surface area contributed by atoms with E-state index in [1.54, 1.807) is 0 Å². The Balaban J connectivity index is 0.000000720. The molecule has 0 atom stereocenters. The van der Waals surface area contributed by atoms with Gasteiger partial charge in [-0.05, 0) is 29.7 Å². The highest BCUT2D eigenvalue weighted by molar-refractivity contribution is 6.31. The van der Waals surface area contributed by atoms with Crippen molar-refractivity contribution >= 4 is 24.0 Å². The molecular formula is C9H11Cl2N. The number of halogens is 2. The number of aryl methyl sites for hydroxylation is 1. The van der Waals surface area contributed by atoms with Crippen LogP contribution in [0.2, 0.25) is 5.02 Å². The molecule has 0 bridgehead atoms. The second kappa shape index (κ2) is 3.65. The Labute approximate surface area is 83.5 Å². The Kier molecular flexibility index (Phi) is 2.99. The molecule has 66 valence electrons. The zero-order valence-electron chi connectivity index (χ0n) is 6.86. The fraction of sp³-hybridized carbons (Fsp3) is 0.333. The first kappa shape index (κ1) is 9.85. The minimum atomic E-state index is 0. The molecule has 0 saturated carbocycles. The molecular weight excluding hydrogens is 193 g/mol. The maximum absolute atomic E-state index is 5.96. The minimum Gasteiger partial charge on any atom is -0.309 e. The van der Waals surface area contributed by atoms with Gasteiger partial charge in [-0.25, -0.2) is 0 Å². The van der Waals surface area contributed by atoms with Gasteiger partial charge in [-0.15, -0.1) is 12.4 Å². The smallest absolute Gasteiger partial charge is 0.0438 e. The summed E-state index contributed by atoms with van der Waals surface area (Å²) in [6.45, 7) is 4.00. The summed E-state index contributed by atoms with van der Waals surface area (Å²) in [5.74, 6) is 0. The van der Waals surface area contributed by atoms with E-state index in [-0.39, 0.29) is 12.4 Å². The van der Waals surface area contributed by atoms with Crippen molar-refractivity contribution in [2.45, 2.75) is 20.0 Å². The molecule has 1 aliphatic heterocycles. The lowest BCUT2D eigenvalue weighted by molar-refractivity contribution is 0.765. The summed E-state index contributed by atoms with van der Waals surface area (Å²) in [5, 5.41) is 4.17. The van der Waals surface area contributed by atoms with Crippen LogP contribution in [0.25, 0.3) is 0 Å². The van der Waals surface area contributed by atoms with Crippen molar-refractivity contribution in [3.05, 3.63) is 33.8 Å². The van der Waals surface area contributed by atoms with E-state index in [0.29, 0.717) is 0 Å². The molecule has 1 aromatic carbocycles. The molecule has 1 N–H and O–H groups in total. The van der Waals surface area contributed by atoms with Crippen molar-refractivity contribution in [1.82, 2.24) is 5.32 Å². The van der Waals surface area contributed by atoms with Gasteiger partial charge in [-0.2, -0.15) is 0 Å². The molecule has 0 unspecified atom stereocenters. The summed E-state index contributed by atoms with van der Waals surface area (Å²) in [6, 6.07) is 4.23. The van der Waals surface area contributed by atoms with Crippen LogP contribution >= 0.6 is 24.0 Å². The first-order valence-electron chi connectivity index (χ1n) is 3.76. The second-order valence-corrected chi connectivity index (χ2v) is 3.38. The highest BCUT2D eigenvalue weighted by Crippen LogP contribution is 2.23. The molecule has 0 aromatic heterocycles. The quantitative estimate of drug-likeness (QED) is 0.685. The molecule has 12 heavy (non-hydrogen) atoms. The van der Waals surface area contributed by atoms with Crippen LogP contribution in [0.5, 0.6) is 0 Å². The summed E-state index contributed by atoms with van der Waals surface area (Å²) in [5.41, 5.74) is 3.92. The van der Waals surface area contributed by atoms with Gasteiger partial charge < -0.3 is 5.32 Å². The molecule has 1 aliphatic rings. The van der Waals surface area contributed by atoms with Crippen molar-refractivity contribution < 1.29 is 0 Å². The summed E-state index contributed by atoms with van der Waals surface area (Å²) in [7, 11) is 0. The zero-order valence-corrected chi connectivity index (χ0v) is 8.43. The van der Waals surface area contributed by atoms with Crippen LogP contribution in [0.15, 0.2) is 12.1 Å². The first-order chi connectivity index (χ1) is 5.27. The van der Waals surface area contributed by atoms with Crippen LogP contribution in [0.3, 0.4) is 0 Å². The van der Waals surface area contributed by atoms with Gasteiger partial charge >= 0.3 is 0 Å². The SMILES string of the molecule is Cc1cc2c(cc1Cl)CNC2.Cl. The van der Waals surface area contributed by atoms with E-state index >= 15 is 0 Å². The predicted molar refractivity (Wildman–Crippen MR) is 54.0 cm³/mol. The maximum Gasteiger partial charge on any atom is 0.0438 e. The number of fused-ring (bicyclic) bond motifs is 1. The lowest BCUT2D eigenvalue weighted by Gasteiger charge is -2.01. The summed E-state index contributed by atoms with van der Waals surface area (Å²) in [6.07, 6.45) is 0. The first-order valence-corrected chi connectivity index (χ1v) is 4.14. The van der Waals surface area contributed by atoms with Crippen LogP contribution in [-0.4, -0.2) is 0 Å². The van der Waals surface area contributed by atoms with Crippen molar-refractivity contribution in [2.24, 2.45) is 0 Å². The highest BCUT2D eigenvalue weighted by Gasteiger charge is 2.10. The number of nitrogens with one attached hydrogen (secondary N) is 1. The third-order valence-corrected chi connectivity index (χ3v) is 2.52. The van der Waals surface area contributed by atoms with Crippen LogP contribution in [0, 0.1) is 6.92 Å². The van der Waals surface area contributed by atoms with E-state index in [1.165, 1.54) is 16.7 Å². The van der Waals surface area contributed by atoms with Crippen LogP contribution in [0.4, 0.5) is 0 Å². The number of hydrogen-bond donors (Lipinski definition) is 1. The van der Waals surface area contributed by atoms with Crippen LogP contribution in [0.1, 0.15) is 16.7 Å². The molecule has 3 heteroatoms. The normalized spacial score (nSPS) is 13.8. The van der Waals surface area contributed by atoms with Gasteiger partial charge in [0.15, 0.2) is 0 Å². The maximum atomic E-state index is 5.96. The van der Waals surface area contributed by atoms with E-state index in [1.807, 2.05) is 6.92 Å². The number of hydrogen-bond acceptors (Lipinski definition) is 1. The fourth-order valence-corrected chi connectivity index (χ4v) is 1.63. The summed E-state index contributed by atoms with van der Waals surface area (Å²) < 4.78 is 0. The third-order valence-electron chi connectivity index (χ3n) is 2.11. The highest BCUT2D eigenvalue weighted by atomic mass is 35.5. The average Bonchev–Trinajstić information content (AvgIpc) is 2.36. The molecule has 0 amide bonds. The largest absolute Gasteiger partial charge is 0.309 e. The van der Waals surface area contributed by atoms with E-state index in [0.717, 1.165) is 18.1 Å². The molecule has 0 fully saturated rings. The van der Waals surface area contributed by atoms with Gasteiger partial charge in [0.25, 0.3) is 0 Å². The van der Waals surface area contributed by atoms with Crippen molar-refractivity contribution in [1.29, 1.82) is 0 Å². The van der Waals surface area contributed by atoms with Crippen LogP contribution < -0.4 is 5.32 Å². The zero-order chi connectivity index (χ0) is 7.84. The lowest BCUT2D eigenvalue weighted by atomic mass is 10.1. The minimum absolute atomic E-state index is 0. The molecule has 0 radical (unpaired) electrons. The van der Waals surface area contributed by atoms with Crippen molar-refractivity contribution in [2.75, 3.05) is 0 Å². The number of benzene rings is 1. The fourth-order valence-electron chi connectivity index (χ4n) is 1.44. The average molecular weight is 204 g/mol. The van der Waals surface area contributed by atoms with E-state index in [4.69, 9.17) is 11.6 Å². The Morgan fingerprint density at radius 2 is 1.83 bits per heavy atom. The van der Waals surface area contributed by atoms with Gasteiger partial charge in [0, 0.05) is 18.1 Å². The molecule has 1 aromatic rings. The third kappa shape index (κ3) is 1.58. The molecule has 0 saturated heterocycles. The molecule has 1 heterocycles. The van der Waals surface area contributed by atoms with E-state index < -0.39 is 0 Å². The molecule has 0 spiro atoms. The van der Waals surface area contributed by atoms with Crippen molar-refractivity contribution in [3.8, 4) is 0 Å². The van der Waals surface area contributed by atoms with Gasteiger partial charge in [0.1, 0.15) is 0 Å². The van der Waals surface area contributed by atoms with Gasteiger partial charge in [-0.3, -0.25) is 0 Å². The molecule has 0 aliphatic carbocycles. The summed E-state index contributed by atoms with van der Waals surface area (Å²) >= 11 is 5.96. The van der Waals surface area contributed by atoms with Crippen molar-refractivity contribution in [3.63, 3.8) is 0 Å². The second-order valence-electron chi connectivity index (χ2n) is 2.97. The molecule has 2 rings (SSSR count). The topological polar surface area (TPSA) is 12.0 Å². The van der Waals surface area contributed by atoms with Crippen LogP contribution in [-0.2, 0) is 13.1 Å². The Morgan fingerprint density at radius 1 is 1.25 bits per heavy atom. The Bertz CT molecular complexity index is 268. The summed E-state index contributed by atoms with van der Waals surface area (Å²) in [4.78, 5) is 0. The van der Waals surface area contributed by atoms with Gasteiger partial charge in [0.2, 0.25) is 0 Å². The monoisotopic (exact) mass is 203 g/mol. The standard InChI is InChI=1S/C9H10ClN.ClH/c1-6-2-7-4-11-5-8(7)3-9(6)10;/h2-3,11H,4-5H2,1H3;1H. The predicted octanol–water partition coefficient (Wildman–Crippen LogP) is 2.67. The lowest BCUT2D eigenvalue weighted by Crippen LogP contribution is -1.99. The number of rotatable bonds is 0. The Hall–Kier alpha value is -0.240. The molecule has 1 nitrogen and oxygen atoms in total. The van der Waals surface area contributed by atoms with E-state index in [2.05, 4.69) is 17.4 Å². The van der Waals surface area contributed by atoms with Gasteiger partial charge in [-0.1, -0.05) is 17.7 Å².